The Morgan fingerprint density at radius 2 is 1.62 bits per heavy atom. The van der Waals surface area contributed by atoms with Crippen LogP contribution in [-0.4, -0.2) is 17.1 Å². The van der Waals surface area contributed by atoms with Crippen molar-refractivity contribution in [1.82, 2.24) is 0 Å². The van der Waals surface area contributed by atoms with Crippen LogP contribution in [0.15, 0.2) is 72.8 Å². The van der Waals surface area contributed by atoms with Crippen LogP contribution in [0.2, 0.25) is 0 Å². The first-order chi connectivity index (χ1) is 11.4. The number of benzene rings is 2. The van der Waals surface area contributed by atoms with Crippen LogP contribution in [0.4, 0.5) is 8.78 Å². The summed E-state index contributed by atoms with van der Waals surface area (Å²) in [6.07, 6.45) is -3.56. The zero-order valence-electron chi connectivity index (χ0n) is 13.7. The van der Waals surface area contributed by atoms with E-state index in [1.165, 1.54) is 0 Å². The predicted octanol–water partition coefficient (Wildman–Crippen LogP) is 4.91. The van der Waals surface area contributed by atoms with Gasteiger partial charge in [0.1, 0.15) is 12.2 Å². The topological polar surface area (TPSA) is 29.5 Å². The Labute approximate surface area is 141 Å². The van der Waals surface area contributed by atoms with Gasteiger partial charge in [-0.15, -0.1) is 6.58 Å². The second kappa shape index (κ2) is 8.18. The Balaban J connectivity index is 2.24. The number of hydrogen-bond donors (Lipinski definition) is 1. The summed E-state index contributed by atoms with van der Waals surface area (Å²) in [6, 6.07) is 17.4. The van der Waals surface area contributed by atoms with Crippen molar-refractivity contribution in [2.75, 3.05) is 0 Å². The van der Waals surface area contributed by atoms with Crippen LogP contribution in [-0.2, 0) is 11.3 Å². The number of alkyl halides is 2. The van der Waals surface area contributed by atoms with E-state index in [1.54, 1.807) is 37.3 Å². The highest BCUT2D eigenvalue weighted by Gasteiger charge is 2.48. The smallest absolute Gasteiger partial charge is 0.303 e. The Morgan fingerprint density at radius 1 is 1.08 bits per heavy atom. The van der Waals surface area contributed by atoms with Crippen LogP contribution in [0.25, 0.3) is 0 Å². The van der Waals surface area contributed by atoms with Crippen molar-refractivity contribution in [3.8, 4) is 0 Å². The molecule has 2 atom stereocenters. The summed E-state index contributed by atoms with van der Waals surface area (Å²) in [7, 11) is 0. The molecule has 0 saturated heterocycles. The first kappa shape index (κ1) is 18.3. The van der Waals surface area contributed by atoms with E-state index < -0.39 is 18.1 Å². The van der Waals surface area contributed by atoms with Gasteiger partial charge in [-0.25, -0.2) is 8.78 Å². The summed E-state index contributed by atoms with van der Waals surface area (Å²) in [5.41, 5.74) is 1.62. The monoisotopic (exact) mass is 332 g/mol. The number of halogens is 2. The van der Waals surface area contributed by atoms with Crippen molar-refractivity contribution in [1.29, 1.82) is 0 Å². The molecule has 0 spiro atoms. The number of ether oxygens (including phenoxy) is 1. The molecule has 0 amide bonds. The van der Waals surface area contributed by atoms with E-state index in [2.05, 4.69) is 6.58 Å². The van der Waals surface area contributed by atoms with Gasteiger partial charge in [-0.1, -0.05) is 66.2 Å². The Bertz CT molecular complexity index is 641. The molecule has 0 saturated carbocycles. The molecule has 0 unspecified atom stereocenters. The van der Waals surface area contributed by atoms with Crippen LogP contribution in [0.5, 0.6) is 0 Å². The molecule has 0 aliphatic rings. The number of aliphatic hydroxyl groups excluding tert-OH is 1. The van der Waals surface area contributed by atoms with Crippen molar-refractivity contribution in [3.63, 3.8) is 0 Å². The fourth-order valence-electron chi connectivity index (χ4n) is 2.45. The first-order valence-electron chi connectivity index (χ1n) is 7.82. The third kappa shape index (κ3) is 4.73. The molecule has 0 radical (unpaired) electrons. The lowest BCUT2D eigenvalue weighted by molar-refractivity contribution is -0.200. The van der Waals surface area contributed by atoms with Crippen molar-refractivity contribution >= 4 is 0 Å². The van der Waals surface area contributed by atoms with Crippen LogP contribution >= 0.6 is 0 Å². The average molecular weight is 332 g/mol. The van der Waals surface area contributed by atoms with Gasteiger partial charge >= 0.3 is 5.92 Å². The third-order valence-electron chi connectivity index (χ3n) is 3.70. The molecule has 1 N–H and O–H groups in total. The van der Waals surface area contributed by atoms with E-state index in [1.807, 2.05) is 30.3 Å². The first-order valence-corrected chi connectivity index (χ1v) is 7.82. The summed E-state index contributed by atoms with van der Waals surface area (Å²) >= 11 is 0. The van der Waals surface area contributed by atoms with Gasteiger partial charge in [0.05, 0.1) is 6.61 Å². The van der Waals surface area contributed by atoms with Crippen molar-refractivity contribution in [2.24, 2.45) is 0 Å². The minimum Gasteiger partial charge on any atom is -0.386 e. The highest BCUT2D eigenvalue weighted by Crippen LogP contribution is 2.39. The van der Waals surface area contributed by atoms with E-state index in [0.29, 0.717) is 11.1 Å². The summed E-state index contributed by atoms with van der Waals surface area (Å²) in [4.78, 5) is 0. The zero-order valence-corrected chi connectivity index (χ0v) is 13.7. The molecule has 4 heteroatoms. The highest BCUT2D eigenvalue weighted by atomic mass is 19.3. The molecular formula is C20H22F2O2. The van der Waals surface area contributed by atoms with Crippen LogP contribution in [0.1, 0.15) is 30.6 Å². The predicted molar refractivity (Wildman–Crippen MR) is 90.8 cm³/mol. The van der Waals surface area contributed by atoms with E-state index in [0.717, 1.165) is 5.56 Å². The maximum Gasteiger partial charge on any atom is 0.303 e. The minimum atomic E-state index is -3.44. The summed E-state index contributed by atoms with van der Waals surface area (Å²) < 4.78 is 35.2. The second-order valence-electron chi connectivity index (χ2n) is 5.94. The summed E-state index contributed by atoms with van der Waals surface area (Å²) in [5.74, 6) is -3.44. The maximum atomic E-state index is 14.8. The molecular weight excluding hydrogens is 310 g/mol. The van der Waals surface area contributed by atoms with Gasteiger partial charge in [-0.2, -0.15) is 0 Å². The molecule has 24 heavy (non-hydrogen) atoms. The van der Waals surface area contributed by atoms with Gasteiger partial charge in [0.25, 0.3) is 0 Å². The molecule has 128 valence electrons. The lowest BCUT2D eigenvalue weighted by Gasteiger charge is -2.31. The maximum absolute atomic E-state index is 14.8. The molecule has 0 aromatic heterocycles. The molecule has 2 nitrogen and oxygen atoms in total. The minimum absolute atomic E-state index is 0.0375. The zero-order chi connectivity index (χ0) is 17.6. The lowest BCUT2D eigenvalue weighted by atomic mass is 9.95. The number of hydrogen-bond acceptors (Lipinski definition) is 2. The Kier molecular flexibility index (Phi) is 6.23. The lowest BCUT2D eigenvalue weighted by Crippen LogP contribution is -2.41. The summed E-state index contributed by atoms with van der Waals surface area (Å²) in [5, 5.41) is 9.99. The Hall–Kier alpha value is -2.04. The molecule has 2 rings (SSSR count). The molecule has 0 bridgehead atoms. The van der Waals surface area contributed by atoms with E-state index in [9.17, 15) is 13.9 Å². The largest absolute Gasteiger partial charge is 0.386 e. The van der Waals surface area contributed by atoms with Crippen molar-refractivity contribution in [3.05, 3.63) is 83.9 Å². The van der Waals surface area contributed by atoms with Gasteiger partial charge in [0.2, 0.25) is 0 Å². The van der Waals surface area contributed by atoms with Gasteiger partial charge in [-0.05, 0) is 24.5 Å². The normalized spacial score (nSPS) is 14.2. The number of rotatable bonds is 8. The fraction of sp³-hybridized carbons (Fsp3) is 0.300. The van der Waals surface area contributed by atoms with E-state index in [-0.39, 0.29) is 13.0 Å². The molecule has 0 fully saturated rings. The Morgan fingerprint density at radius 3 is 2.17 bits per heavy atom. The van der Waals surface area contributed by atoms with E-state index in [4.69, 9.17) is 4.74 Å². The van der Waals surface area contributed by atoms with Gasteiger partial charge in [0.15, 0.2) is 0 Å². The number of aliphatic hydroxyl groups is 1. The van der Waals surface area contributed by atoms with Gasteiger partial charge in [-0.3, -0.25) is 0 Å². The van der Waals surface area contributed by atoms with Crippen LogP contribution in [0.3, 0.4) is 0 Å². The average Bonchev–Trinajstić information content (AvgIpc) is 2.56. The highest BCUT2D eigenvalue weighted by molar-refractivity contribution is 5.21. The standard InChI is InChI=1S/C20H22F2O2/c1-15(2)13-18(23)20(21,22)19(17-11-7-4-8-12-17)24-14-16-9-5-3-6-10-16/h3-12,18-19,23H,1,13-14H2,2H3/t18-,19-/m1/s1. The fourth-order valence-corrected chi connectivity index (χ4v) is 2.45. The quantitative estimate of drug-likeness (QED) is 0.696. The van der Waals surface area contributed by atoms with Crippen molar-refractivity contribution < 1.29 is 18.6 Å². The van der Waals surface area contributed by atoms with Crippen molar-refractivity contribution in [2.45, 2.75) is 38.1 Å². The third-order valence-corrected chi connectivity index (χ3v) is 3.70. The molecule has 0 aliphatic heterocycles. The van der Waals surface area contributed by atoms with Crippen LogP contribution < -0.4 is 0 Å². The molecule has 0 aliphatic carbocycles. The molecule has 0 heterocycles. The molecule has 2 aromatic rings. The van der Waals surface area contributed by atoms with Gasteiger partial charge < -0.3 is 9.84 Å². The SMILES string of the molecule is C=C(C)C[C@@H](O)C(F)(F)[C@H](OCc1ccccc1)c1ccccc1. The van der Waals surface area contributed by atoms with Gasteiger partial charge in [0, 0.05) is 0 Å². The molecule has 2 aromatic carbocycles. The van der Waals surface area contributed by atoms with Crippen LogP contribution in [0, 0.1) is 0 Å². The van der Waals surface area contributed by atoms with E-state index >= 15 is 0 Å². The second-order valence-corrected chi connectivity index (χ2v) is 5.94. The summed E-state index contributed by atoms with van der Waals surface area (Å²) in [6.45, 7) is 5.25.